The SMILES string of the molecule is O=C(NCCC=Cc1c(F)cc(Br)cc1Br)OCc1ccccc1. The number of amides is 1. The van der Waals surface area contributed by atoms with E-state index >= 15 is 0 Å². The van der Waals surface area contributed by atoms with Crippen molar-refractivity contribution in [2.75, 3.05) is 6.54 Å². The molecule has 1 N–H and O–H groups in total. The Hall–Kier alpha value is -1.66. The van der Waals surface area contributed by atoms with Crippen molar-refractivity contribution in [1.82, 2.24) is 5.32 Å². The summed E-state index contributed by atoms with van der Waals surface area (Å²) in [7, 11) is 0. The molecule has 2 rings (SSSR count). The zero-order valence-electron chi connectivity index (χ0n) is 12.8. The van der Waals surface area contributed by atoms with Crippen LogP contribution >= 0.6 is 31.9 Å². The molecule has 3 nitrogen and oxygen atoms in total. The highest BCUT2D eigenvalue weighted by Gasteiger charge is 2.05. The largest absolute Gasteiger partial charge is 0.445 e. The summed E-state index contributed by atoms with van der Waals surface area (Å²) in [4.78, 5) is 11.6. The van der Waals surface area contributed by atoms with E-state index in [-0.39, 0.29) is 12.4 Å². The molecular weight excluding hydrogens is 441 g/mol. The first-order chi connectivity index (χ1) is 11.6. The predicted molar refractivity (Wildman–Crippen MR) is 100 cm³/mol. The van der Waals surface area contributed by atoms with Crippen LogP contribution in [0.1, 0.15) is 17.5 Å². The van der Waals surface area contributed by atoms with Crippen molar-refractivity contribution < 1.29 is 13.9 Å². The monoisotopic (exact) mass is 455 g/mol. The quantitative estimate of drug-likeness (QED) is 0.567. The molecule has 0 atom stereocenters. The highest BCUT2D eigenvalue weighted by Crippen LogP contribution is 2.26. The maximum atomic E-state index is 13.8. The fourth-order valence-electron chi connectivity index (χ4n) is 1.95. The number of hydrogen-bond donors (Lipinski definition) is 1. The van der Waals surface area contributed by atoms with Crippen LogP contribution in [0.4, 0.5) is 9.18 Å². The lowest BCUT2D eigenvalue weighted by Gasteiger charge is -2.06. The third-order valence-electron chi connectivity index (χ3n) is 3.12. The Kier molecular flexibility index (Phi) is 7.46. The van der Waals surface area contributed by atoms with Gasteiger partial charge in [0.15, 0.2) is 0 Å². The number of carbonyl (C=O) groups is 1. The summed E-state index contributed by atoms with van der Waals surface area (Å²) >= 11 is 6.55. The minimum absolute atomic E-state index is 0.236. The average Bonchev–Trinajstić information content (AvgIpc) is 2.55. The molecule has 0 heterocycles. The second-order valence-corrected chi connectivity index (χ2v) is 6.73. The van der Waals surface area contributed by atoms with E-state index in [1.165, 1.54) is 6.07 Å². The highest BCUT2D eigenvalue weighted by molar-refractivity contribution is 9.11. The minimum Gasteiger partial charge on any atom is -0.445 e. The van der Waals surface area contributed by atoms with Crippen LogP contribution in [0.25, 0.3) is 6.08 Å². The van der Waals surface area contributed by atoms with Gasteiger partial charge in [-0.2, -0.15) is 0 Å². The van der Waals surface area contributed by atoms with Gasteiger partial charge < -0.3 is 10.1 Å². The molecule has 0 aliphatic heterocycles. The molecule has 0 aliphatic carbocycles. The lowest BCUT2D eigenvalue weighted by atomic mass is 10.2. The summed E-state index contributed by atoms with van der Waals surface area (Å²) in [6.45, 7) is 0.652. The summed E-state index contributed by atoms with van der Waals surface area (Å²) in [5, 5.41) is 2.65. The van der Waals surface area contributed by atoms with Crippen molar-refractivity contribution in [1.29, 1.82) is 0 Å². The molecule has 0 aromatic heterocycles. The third kappa shape index (κ3) is 6.09. The van der Waals surface area contributed by atoms with Crippen molar-refractivity contribution in [2.24, 2.45) is 0 Å². The molecule has 126 valence electrons. The molecule has 6 heteroatoms. The first-order valence-electron chi connectivity index (χ1n) is 7.32. The lowest BCUT2D eigenvalue weighted by molar-refractivity contribution is 0.140. The Balaban J connectivity index is 1.72. The number of nitrogens with one attached hydrogen (secondary N) is 1. The van der Waals surface area contributed by atoms with E-state index in [1.807, 2.05) is 30.3 Å². The molecule has 0 unspecified atom stereocenters. The predicted octanol–water partition coefficient (Wildman–Crippen LogP) is 5.68. The van der Waals surface area contributed by atoms with Gasteiger partial charge in [-0.25, -0.2) is 9.18 Å². The zero-order chi connectivity index (χ0) is 17.4. The summed E-state index contributed by atoms with van der Waals surface area (Å²) in [5.74, 6) is -0.317. The van der Waals surface area contributed by atoms with E-state index in [1.54, 1.807) is 18.2 Å². The van der Waals surface area contributed by atoms with Gasteiger partial charge in [0, 0.05) is 21.1 Å². The topological polar surface area (TPSA) is 38.3 Å². The van der Waals surface area contributed by atoms with Crippen LogP contribution in [0, 0.1) is 5.82 Å². The number of carbonyl (C=O) groups excluding carboxylic acids is 1. The first kappa shape index (κ1) is 18.7. The van der Waals surface area contributed by atoms with Gasteiger partial charge in [-0.3, -0.25) is 0 Å². The third-order valence-corrected chi connectivity index (χ3v) is 4.24. The average molecular weight is 457 g/mol. The van der Waals surface area contributed by atoms with Gasteiger partial charge in [0.05, 0.1) is 0 Å². The van der Waals surface area contributed by atoms with E-state index in [9.17, 15) is 9.18 Å². The molecule has 0 saturated carbocycles. The first-order valence-corrected chi connectivity index (χ1v) is 8.90. The molecule has 24 heavy (non-hydrogen) atoms. The molecule has 1 amide bonds. The molecule has 2 aromatic carbocycles. The van der Waals surface area contributed by atoms with Gasteiger partial charge in [-0.05, 0) is 24.1 Å². The minimum atomic E-state index is -0.469. The molecule has 2 aromatic rings. The fourth-order valence-corrected chi connectivity index (χ4v) is 3.25. The molecule has 0 saturated heterocycles. The highest BCUT2D eigenvalue weighted by atomic mass is 79.9. The maximum Gasteiger partial charge on any atom is 0.407 e. The number of benzene rings is 2. The van der Waals surface area contributed by atoms with Crippen LogP contribution in [-0.2, 0) is 11.3 Å². The van der Waals surface area contributed by atoms with Crippen molar-refractivity contribution in [3.05, 3.63) is 74.4 Å². The van der Waals surface area contributed by atoms with E-state index in [2.05, 4.69) is 37.2 Å². The smallest absolute Gasteiger partial charge is 0.407 e. The molecule has 0 bridgehead atoms. The summed E-state index contributed by atoms with van der Waals surface area (Å²) < 4.78 is 20.2. The van der Waals surface area contributed by atoms with Crippen LogP contribution in [0.3, 0.4) is 0 Å². The fraction of sp³-hybridized carbons (Fsp3) is 0.167. The Morgan fingerprint density at radius 3 is 2.67 bits per heavy atom. The number of ether oxygens (including phenoxy) is 1. The van der Waals surface area contributed by atoms with Crippen LogP contribution in [-0.4, -0.2) is 12.6 Å². The lowest BCUT2D eigenvalue weighted by Crippen LogP contribution is -2.24. The van der Waals surface area contributed by atoms with Gasteiger partial charge in [0.1, 0.15) is 12.4 Å². The second kappa shape index (κ2) is 9.59. The molecule has 0 radical (unpaired) electrons. The van der Waals surface area contributed by atoms with Crippen LogP contribution in [0.2, 0.25) is 0 Å². The number of halogens is 3. The number of rotatable bonds is 6. The van der Waals surface area contributed by atoms with Crippen LogP contribution in [0.15, 0.2) is 57.5 Å². The molecule has 0 fully saturated rings. The number of hydrogen-bond acceptors (Lipinski definition) is 2. The van der Waals surface area contributed by atoms with E-state index in [0.29, 0.717) is 27.5 Å². The summed E-state index contributed by atoms with van der Waals surface area (Å²) in [5.41, 5.74) is 1.41. The Labute approximate surface area is 157 Å². The van der Waals surface area contributed by atoms with E-state index in [0.717, 1.165) is 5.56 Å². The van der Waals surface area contributed by atoms with Crippen LogP contribution < -0.4 is 5.32 Å². The van der Waals surface area contributed by atoms with E-state index < -0.39 is 6.09 Å². The molecular formula is C18H16Br2FNO2. The van der Waals surface area contributed by atoms with Crippen molar-refractivity contribution in [3.63, 3.8) is 0 Å². The Morgan fingerprint density at radius 2 is 1.96 bits per heavy atom. The second-order valence-electron chi connectivity index (χ2n) is 4.96. The Morgan fingerprint density at radius 1 is 1.21 bits per heavy atom. The number of alkyl carbamates (subject to hydrolysis) is 1. The molecule has 0 aliphatic rings. The van der Waals surface area contributed by atoms with Gasteiger partial charge in [0.25, 0.3) is 0 Å². The van der Waals surface area contributed by atoms with Gasteiger partial charge in [-0.1, -0.05) is 74.3 Å². The zero-order valence-corrected chi connectivity index (χ0v) is 15.9. The van der Waals surface area contributed by atoms with E-state index in [4.69, 9.17) is 4.74 Å². The van der Waals surface area contributed by atoms with Gasteiger partial charge >= 0.3 is 6.09 Å². The summed E-state index contributed by atoms with van der Waals surface area (Å²) in [6, 6.07) is 12.6. The Bertz CT molecular complexity index is 697. The maximum absolute atomic E-state index is 13.8. The standard InChI is InChI=1S/C18H16Br2FNO2/c19-14-10-16(20)15(17(21)11-14)8-4-5-9-22-18(23)24-12-13-6-2-1-3-7-13/h1-4,6-8,10-11H,5,9,12H2,(H,22,23). The summed E-state index contributed by atoms with van der Waals surface area (Å²) in [6.07, 6.45) is 3.59. The van der Waals surface area contributed by atoms with Crippen molar-refractivity contribution in [2.45, 2.75) is 13.0 Å². The molecule has 0 spiro atoms. The van der Waals surface area contributed by atoms with Crippen molar-refractivity contribution in [3.8, 4) is 0 Å². The van der Waals surface area contributed by atoms with Gasteiger partial charge in [-0.15, -0.1) is 0 Å². The van der Waals surface area contributed by atoms with Crippen LogP contribution in [0.5, 0.6) is 0 Å². The normalized spacial score (nSPS) is 10.8. The van der Waals surface area contributed by atoms with Gasteiger partial charge in [0.2, 0.25) is 0 Å². The van der Waals surface area contributed by atoms with Crippen molar-refractivity contribution >= 4 is 44.0 Å².